The highest BCUT2D eigenvalue weighted by Crippen LogP contribution is 2.29. The molecule has 0 saturated carbocycles. The average molecular weight is 235 g/mol. The monoisotopic (exact) mass is 234 g/mol. The van der Waals surface area contributed by atoms with Gasteiger partial charge in [-0.25, -0.2) is 8.78 Å². The predicted octanol–water partition coefficient (Wildman–Crippen LogP) is 3.20. The first kappa shape index (κ1) is 9.32. The third-order valence-electron chi connectivity index (χ3n) is 1.43. The summed E-state index contributed by atoms with van der Waals surface area (Å²) in [6.07, 6.45) is -2.20. The maximum absolute atomic E-state index is 12.3. The molecule has 1 aromatic carbocycles. The molecule has 4 heteroatoms. The van der Waals surface area contributed by atoms with Crippen molar-refractivity contribution >= 4 is 22.2 Å². The normalized spacial score (nSPS) is 10.3. The SMILES string of the molecule is O=Cc1cccc(Br)c1C(F)F. The molecule has 0 unspecified atom stereocenters. The van der Waals surface area contributed by atoms with Crippen LogP contribution in [0.4, 0.5) is 8.78 Å². The Morgan fingerprint density at radius 2 is 2.08 bits per heavy atom. The number of carbonyl (C=O) groups excluding carboxylic acids is 1. The molecule has 0 fully saturated rings. The first-order chi connectivity index (χ1) is 5.66. The summed E-state index contributed by atoms with van der Waals surface area (Å²) in [6, 6.07) is 4.38. The van der Waals surface area contributed by atoms with E-state index in [9.17, 15) is 13.6 Å². The smallest absolute Gasteiger partial charge is 0.265 e. The van der Waals surface area contributed by atoms with Crippen LogP contribution in [0.25, 0.3) is 0 Å². The van der Waals surface area contributed by atoms with Crippen molar-refractivity contribution in [1.82, 2.24) is 0 Å². The lowest BCUT2D eigenvalue weighted by Gasteiger charge is -2.04. The van der Waals surface area contributed by atoms with Crippen molar-refractivity contribution in [2.45, 2.75) is 6.43 Å². The van der Waals surface area contributed by atoms with Gasteiger partial charge in [-0.3, -0.25) is 4.79 Å². The fourth-order valence-corrected chi connectivity index (χ4v) is 1.44. The van der Waals surface area contributed by atoms with Gasteiger partial charge in [0.05, 0.1) is 0 Å². The summed E-state index contributed by atoms with van der Waals surface area (Å²) in [5.41, 5.74) is -0.216. The lowest BCUT2D eigenvalue weighted by molar-refractivity contribution is 0.110. The Bertz CT molecular complexity index is 299. The number of hydrogen-bond donors (Lipinski definition) is 0. The molecule has 0 aromatic heterocycles. The minimum absolute atomic E-state index is 0.0272. The number of hydrogen-bond acceptors (Lipinski definition) is 1. The van der Waals surface area contributed by atoms with Crippen molar-refractivity contribution in [2.75, 3.05) is 0 Å². The maximum Gasteiger partial charge on any atom is 0.265 e. The van der Waals surface area contributed by atoms with Crippen molar-refractivity contribution in [3.05, 3.63) is 33.8 Å². The molecule has 0 radical (unpaired) electrons. The number of halogens is 3. The summed E-state index contributed by atoms with van der Waals surface area (Å²) < 4.78 is 24.8. The first-order valence-electron chi connectivity index (χ1n) is 3.18. The van der Waals surface area contributed by atoms with Gasteiger partial charge >= 0.3 is 0 Å². The van der Waals surface area contributed by atoms with Crippen molar-refractivity contribution < 1.29 is 13.6 Å². The van der Waals surface area contributed by atoms with Crippen LogP contribution in [-0.2, 0) is 0 Å². The zero-order chi connectivity index (χ0) is 9.14. The van der Waals surface area contributed by atoms with Gasteiger partial charge in [0.15, 0.2) is 6.29 Å². The van der Waals surface area contributed by atoms with E-state index in [4.69, 9.17) is 0 Å². The van der Waals surface area contributed by atoms with Crippen molar-refractivity contribution in [3.8, 4) is 0 Å². The van der Waals surface area contributed by atoms with Crippen molar-refractivity contribution in [1.29, 1.82) is 0 Å². The second kappa shape index (κ2) is 3.76. The van der Waals surface area contributed by atoms with Crippen LogP contribution < -0.4 is 0 Å². The predicted molar refractivity (Wildman–Crippen MR) is 44.5 cm³/mol. The summed E-state index contributed by atoms with van der Waals surface area (Å²) in [5, 5.41) is 0. The summed E-state index contributed by atoms with van der Waals surface area (Å²) in [6.45, 7) is 0. The van der Waals surface area contributed by atoms with Gasteiger partial charge in [-0.2, -0.15) is 0 Å². The summed E-state index contributed by atoms with van der Waals surface area (Å²) in [7, 11) is 0. The van der Waals surface area contributed by atoms with Gasteiger partial charge in [0.2, 0.25) is 0 Å². The highest BCUT2D eigenvalue weighted by Gasteiger charge is 2.15. The van der Waals surface area contributed by atoms with E-state index >= 15 is 0 Å². The van der Waals surface area contributed by atoms with Crippen LogP contribution in [0.5, 0.6) is 0 Å². The Labute approximate surface area is 76.5 Å². The molecular weight excluding hydrogens is 230 g/mol. The number of rotatable bonds is 2. The van der Waals surface area contributed by atoms with Crippen LogP contribution in [0.2, 0.25) is 0 Å². The Balaban J connectivity index is 3.29. The van der Waals surface area contributed by atoms with Crippen LogP contribution in [0.3, 0.4) is 0 Å². The highest BCUT2D eigenvalue weighted by atomic mass is 79.9. The molecule has 1 rings (SSSR count). The van der Waals surface area contributed by atoms with Crippen LogP contribution in [-0.4, -0.2) is 6.29 Å². The number of aldehydes is 1. The molecule has 0 saturated heterocycles. The molecular formula is C8H5BrF2O. The lowest BCUT2D eigenvalue weighted by atomic mass is 10.1. The van der Waals surface area contributed by atoms with E-state index in [-0.39, 0.29) is 15.6 Å². The van der Waals surface area contributed by atoms with Crippen LogP contribution >= 0.6 is 15.9 Å². The minimum atomic E-state index is -2.62. The van der Waals surface area contributed by atoms with Gasteiger partial charge in [-0.05, 0) is 6.07 Å². The van der Waals surface area contributed by atoms with Gasteiger partial charge in [-0.15, -0.1) is 0 Å². The van der Waals surface area contributed by atoms with Crippen molar-refractivity contribution in [3.63, 3.8) is 0 Å². The highest BCUT2D eigenvalue weighted by molar-refractivity contribution is 9.10. The maximum atomic E-state index is 12.3. The number of benzene rings is 1. The number of carbonyl (C=O) groups is 1. The standard InChI is InChI=1S/C8H5BrF2O/c9-6-3-1-2-5(4-12)7(6)8(10)11/h1-4,8H. The molecule has 0 aliphatic rings. The fourth-order valence-electron chi connectivity index (χ4n) is 0.887. The van der Waals surface area contributed by atoms with E-state index in [0.29, 0.717) is 6.29 Å². The first-order valence-corrected chi connectivity index (χ1v) is 3.98. The molecule has 0 N–H and O–H groups in total. The second-order valence-electron chi connectivity index (χ2n) is 2.16. The third kappa shape index (κ3) is 1.69. The third-order valence-corrected chi connectivity index (χ3v) is 2.12. The minimum Gasteiger partial charge on any atom is -0.298 e. The van der Waals surface area contributed by atoms with E-state index < -0.39 is 6.43 Å². The zero-order valence-electron chi connectivity index (χ0n) is 5.93. The van der Waals surface area contributed by atoms with Gasteiger partial charge in [0.1, 0.15) is 0 Å². The van der Waals surface area contributed by atoms with E-state index in [1.807, 2.05) is 0 Å². The zero-order valence-corrected chi connectivity index (χ0v) is 7.51. The second-order valence-corrected chi connectivity index (χ2v) is 3.02. The van der Waals surface area contributed by atoms with Crippen LogP contribution in [0, 0.1) is 0 Å². The Morgan fingerprint density at radius 1 is 1.42 bits per heavy atom. The van der Waals surface area contributed by atoms with Gasteiger partial charge < -0.3 is 0 Å². The molecule has 12 heavy (non-hydrogen) atoms. The number of alkyl halides is 2. The molecule has 0 amide bonds. The fraction of sp³-hybridized carbons (Fsp3) is 0.125. The largest absolute Gasteiger partial charge is 0.298 e. The molecule has 1 nitrogen and oxygen atoms in total. The van der Waals surface area contributed by atoms with Gasteiger partial charge in [0, 0.05) is 15.6 Å². The lowest BCUT2D eigenvalue weighted by Crippen LogP contribution is -1.93. The molecule has 0 atom stereocenters. The summed E-state index contributed by atoms with van der Waals surface area (Å²) in [4.78, 5) is 10.3. The van der Waals surface area contributed by atoms with Gasteiger partial charge in [-0.1, -0.05) is 28.1 Å². The summed E-state index contributed by atoms with van der Waals surface area (Å²) in [5.74, 6) is 0. The molecule has 0 spiro atoms. The van der Waals surface area contributed by atoms with Crippen LogP contribution in [0.1, 0.15) is 22.3 Å². The summed E-state index contributed by atoms with van der Waals surface area (Å²) >= 11 is 2.95. The Morgan fingerprint density at radius 3 is 2.50 bits per heavy atom. The topological polar surface area (TPSA) is 17.1 Å². The Hall–Kier alpha value is -0.770. The quantitative estimate of drug-likeness (QED) is 0.719. The van der Waals surface area contributed by atoms with Crippen LogP contribution in [0.15, 0.2) is 22.7 Å². The molecule has 1 aromatic rings. The van der Waals surface area contributed by atoms with E-state index in [1.165, 1.54) is 12.1 Å². The molecule has 64 valence electrons. The molecule has 0 heterocycles. The van der Waals surface area contributed by atoms with Crippen molar-refractivity contribution in [2.24, 2.45) is 0 Å². The van der Waals surface area contributed by atoms with E-state index in [0.717, 1.165) is 0 Å². The van der Waals surface area contributed by atoms with E-state index in [1.54, 1.807) is 6.07 Å². The molecule has 0 aliphatic carbocycles. The van der Waals surface area contributed by atoms with Gasteiger partial charge in [0.25, 0.3) is 6.43 Å². The molecule has 0 aliphatic heterocycles. The van der Waals surface area contributed by atoms with E-state index in [2.05, 4.69) is 15.9 Å². The Kier molecular flexibility index (Phi) is 2.92. The molecule has 0 bridgehead atoms. The average Bonchev–Trinajstić information content (AvgIpc) is 2.03.